The summed E-state index contributed by atoms with van der Waals surface area (Å²) in [6, 6.07) is -1.09. The van der Waals surface area contributed by atoms with Crippen molar-refractivity contribution in [1.29, 1.82) is 0 Å². The maximum absolute atomic E-state index is 12.1. The summed E-state index contributed by atoms with van der Waals surface area (Å²) in [5, 5.41) is 14.7. The summed E-state index contributed by atoms with van der Waals surface area (Å²) in [5.74, 6) is -0.780. The van der Waals surface area contributed by atoms with E-state index in [9.17, 15) is 14.4 Å². The van der Waals surface area contributed by atoms with Gasteiger partial charge in [-0.05, 0) is 33.1 Å². The van der Waals surface area contributed by atoms with E-state index in [0.717, 1.165) is 19.3 Å². The number of carbonyl (C=O) groups excluding carboxylic acids is 2. The molecule has 1 heterocycles. The first kappa shape index (κ1) is 22.1. The van der Waals surface area contributed by atoms with Gasteiger partial charge in [0.1, 0.15) is 12.3 Å². The van der Waals surface area contributed by atoms with Gasteiger partial charge in [-0.1, -0.05) is 28.0 Å². The Hall–Kier alpha value is -0.930. The van der Waals surface area contributed by atoms with Gasteiger partial charge in [-0.15, -0.1) is 0 Å². The molecule has 9 heteroatoms. The van der Waals surface area contributed by atoms with Crippen LogP contribution in [-0.2, 0) is 19.1 Å². The van der Waals surface area contributed by atoms with Crippen LogP contribution in [0.2, 0.25) is 0 Å². The molecule has 3 unspecified atom stereocenters. The summed E-state index contributed by atoms with van der Waals surface area (Å²) < 4.78 is 5.21. The summed E-state index contributed by atoms with van der Waals surface area (Å²) >= 11 is 0. The number of nitrogens with one attached hydrogen (secondary N) is 2. The largest absolute Gasteiger partial charge is 0.481 e. The Morgan fingerprint density at radius 3 is 2.64 bits per heavy atom. The highest BCUT2D eigenvalue weighted by atomic mass is 33.1. The molecular formula is C16H28N2O5S2. The van der Waals surface area contributed by atoms with Gasteiger partial charge < -0.3 is 20.5 Å². The Kier molecular flexibility index (Phi) is 11.0. The predicted octanol–water partition coefficient (Wildman–Crippen LogP) is 2.16. The molecule has 1 aliphatic heterocycles. The van der Waals surface area contributed by atoms with E-state index < -0.39 is 30.6 Å². The Bertz CT molecular complexity index is 444. The van der Waals surface area contributed by atoms with Gasteiger partial charge in [0.05, 0.1) is 6.42 Å². The molecule has 3 atom stereocenters. The first-order valence-electron chi connectivity index (χ1n) is 8.63. The third-order valence-corrected chi connectivity index (χ3v) is 6.71. The lowest BCUT2D eigenvalue weighted by molar-refractivity contribution is -0.141. The minimum atomic E-state index is -1.14. The number of rotatable bonds is 12. The second kappa shape index (κ2) is 12.4. The highest BCUT2D eigenvalue weighted by molar-refractivity contribution is 8.77. The monoisotopic (exact) mass is 392 g/mol. The van der Waals surface area contributed by atoms with Crippen molar-refractivity contribution in [3.63, 3.8) is 0 Å². The van der Waals surface area contributed by atoms with Crippen molar-refractivity contribution in [1.82, 2.24) is 10.6 Å². The van der Waals surface area contributed by atoms with E-state index in [4.69, 9.17) is 9.84 Å². The van der Waals surface area contributed by atoms with Crippen LogP contribution in [0.5, 0.6) is 0 Å². The molecule has 25 heavy (non-hydrogen) atoms. The summed E-state index contributed by atoms with van der Waals surface area (Å²) in [5.41, 5.74) is 0. The lowest BCUT2D eigenvalue weighted by atomic mass is 10.1. The van der Waals surface area contributed by atoms with Crippen LogP contribution in [0.25, 0.3) is 0 Å². The second-order valence-corrected chi connectivity index (χ2v) is 8.69. The highest BCUT2D eigenvalue weighted by Gasteiger charge is 2.24. The lowest BCUT2D eigenvalue weighted by Crippen LogP contribution is -2.50. The molecule has 7 nitrogen and oxygen atoms in total. The zero-order chi connectivity index (χ0) is 18.7. The van der Waals surface area contributed by atoms with Crippen molar-refractivity contribution in [2.45, 2.75) is 69.9 Å². The summed E-state index contributed by atoms with van der Waals surface area (Å²) in [6.07, 6.45) is 3.33. The maximum Gasteiger partial charge on any atom is 0.305 e. The molecule has 0 saturated carbocycles. The number of hydrogen-bond donors (Lipinski definition) is 3. The number of carbonyl (C=O) groups is 3. The molecule has 1 rings (SSSR count). The van der Waals surface area contributed by atoms with Gasteiger partial charge in [0, 0.05) is 24.0 Å². The van der Waals surface area contributed by atoms with Crippen molar-refractivity contribution in [2.24, 2.45) is 0 Å². The van der Waals surface area contributed by atoms with Gasteiger partial charge in [0.15, 0.2) is 0 Å². The maximum atomic E-state index is 12.1. The molecule has 1 saturated heterocycles. The van der Waals surface area contributed by atoms with E-state index in [-0.39, 0.29) is 5.91 Å². The molecule has 1 aliphatic rings. The molecule has 0 spiro atoms. The van der Waals surface area contributed by atoms with Crippen molar-refractivity contribution < 1.29 is 24.2 Å². The van der Waals surface area contributed by atoms with Gasteiger partial charge in [-0.2, -0.15) is 0 Å². The fourth-order valence-electron chi connectivity index (χ4n) is 2.47. The zero-order valence-corrected chi connectivity index (χ0v) is 16.4. The topological polar surface area (TPSA) is 105 Å². The Labute approximate surface area is 156 Å². The standard InChI is InChI=1S/C16H28N2O5S2/c1-3-23-11(2)17-16(22)13(10-15(20)21)18-14(19)7-5-4-6-12-8-9-24-25-12/h11-13H,3-10H2,1-2H3,(H,17,22)(H,18,19)(H,20,21). The van der Waals surface area contributed by atoms with Crippen LogP contribution in [0, 0.1) is 0 Å². The van der Waals surface area contributed by atoms with Crippen LogP contribution < -0.4 is 10.6 Å². The SMILES string of the molecule is CCOC(C)NC(=O)C(CC(=O)O)NC(=O)CCCCC1CCSS1. The smallest absolute Gasteiger partial charge is 0.305 e. The molecule has 3 N–H and O–H groups in total. The van der Waals surface area contributed by atoms with Crippen LogP contribution in [0.1, 0.15) is 52.4 Å². The second-order valence-electron chi connectivity index (χ2n) is 5.90. The van der Waals surface area contributed by atoms with Crippen molar-refractivity contribution in [2.75, 3.05) is 12.4 Å². The number of carboxylic acid groups (broad SMARTS) is 1. The molecular weight excluding hydrogens is 364 g/mol. The van der Waals surface area contributed by atoms with Gasteiger partial charge in [0.25, 0.3) is 0 Å². The van der Waals surface area contributed by atoms with Gasteiger partial charge in [-0.25, -0.2) is 0 Å². The van der Waals surface area contributed by atoms with Crippen LogP contribution in [0.15, 0.2) is 0 Å². The first-order chi connectivity index (χ1) is 11.9. The van der Waals surface area contributed by atoms with E-state index >= 15 is 0 Å². The average Bonchev–Trinajstić information content (AvgIpc) is 3.04. The number of unbranched alkanes of at least 4 members (excludes halogenated alkanes) is 1. The van der Waals surface area contributed by atoms with Crippen LogP contribution >= 0.6 is 21.6 Å². The van der Waals surface area contributed by atoms with E-state index in [1.54, 1.807) is 13.8 Å². The summed E-state index contributed by atoms with van der Waals surface area (Å²) in [7, 11) is 3.82. The number of ether oxygens (including phenoxy) is 1. The molecule has 0 aromatic heterocycles. The van der Waals surface area contributed by atoms with Gasteiger partial charge in [-0.3, -0.25) is 14.4 Å². The van der Waals surface area contributed by atoms with Crippen molar-refractivity contribution in [3.8, 4) is 0 Å². The Morgan fingerprint density at radius 1 is 1.28 bits per heavy atom. The number of hydrogen-bond acceptors (Lipinski definition) is 6. The minimum Gasteiger partial charge on any atom is -0.481 e. The highest BCUT2D eigenvalue weighted by Crippen LogP contribution is 2.39. The van der Waals surface area contributed by atoms with Crippen molar-refractivity contribution in [3.05, 3.63) is 0 Å². The molecule has 0 aromatic rings. The van der Waals surface area contributed by atoms with Gasteiger partial charge in [0.2, 0.25) is 11.8 Å². The number of amides is 2. The van der Waals surface area contributed by atoms with Crippen LogP contribution in [0.4, 0.5) is 0 Å². The van der Waals surface area contributed by atoms with Crippen molar-refractivity contribution >= 4 is 39.4 Å². The molecule has 0 aromatic carbocycles. The quantitative estimate of drug-likeness (QED) is 0.265. The molecule has 0 bridgehead atoms. The predicted molar refractivity (Wildman–Crippen MR) is 100 cm³/mol. The van der Waals surface area contributed by atoms with E-state index in [0.29, 0.717) is 18.3 Å². The van der Waals surface area contributed by atoms with E-state index in [1.165, 1.54) is 12.2 Å². The summed E-state index contributed by atoms with van der Waals surface area (Å²) in [4.78, 5) is 35.1. The normalized spacial score (nSPS) is 19.2. The third kappa shape index (κ3) is 9.96. The van der Waals surface area contributed by atoms with Crippen LogP contribution in [-0.4, -0.2) is 52.8 Å². The van der Waals surface area contributed by atoms with E-state index in [2.05, 4.69) is 10.6 Å². The average molecular weight is 393 g/mol. The Morgan fingerprint density at radius 2 is 2.04 bits per heavy atom. The molecule has 0 radical (unpaired) electrons. The summed E-state index contributed by atoms with van der Waals surface area (Å²) in [6.45, 7) is 3.87. The Balaban J connectivity index is 2.34. The van der Waals surface area contributed by atoms with E-state index in [1.807, 2.05) is 21.6 Å². The minimum absolute atomic E-state index is 0.293. The zero-order valence-electron chi connectivity index (χ0n) is 14.8. The van der Waals surface area contributed by atoms with Gasteiger partial charge >= 0.3 is 5.97 Å². The van der Waals surface area contributed by atoms with Crippen LogP contribution in [0.3, 0.4) is 0 Å². The number of aliphatic carboxylic acids is 1. The first-order valence-corrected chi connectivity index (χ1v) is 11.0. The molecule has 1 fully saturated rings. The number of carboxylic acids is 1. The lowest BCUT2D eigenvalue weighted by Gasteiger charge is -2.20. The molecule has 2 amide bonds. The molecule has 0 aliphatic carbocycles. The fraction of sp³-hybridized carbons (Fsp3) is 0.812. The third-order valence-electron chi connectivity index (χ3n) is 3.70. The fourth-order valence-corrected chi connectivity index (χ4v) is 5.49. The molecule has 144 valence electrons.